The molecule has 4 heteroatoms. The fourth-order valence-corrected chi connectivity index (χ4v) is 1.65. The van der Waals surface area contributed by atoms with Crippen LogP contribution in [0, 0.1) is 0 Å². The summed E-state index contributed by atoms with van der Waals surface area (Å²) < 4.78 is 1.81. The summed E-state index contributed by atoms with van der Waals surface area (Å²) >= 11 is 0. The molecule has 0 atom stereocenters. The van der Waals surface area contributed by atoms with Crippen LogP contribution in [0.25, 0.3) is 11.3 Å². The Balaban J connectivity index is 2.52. The van der Waals surface area contributed by atoms with Gasteiger partial charge in [0.1, 0.15) is 5.69 Å². The number of allylic oxidation sites excluding steroid dienone is 1. The maximum absolute atomic E-state index is 5.66. The molecule has 0 spiro atoms. The number of aromatic nitrogens is 3. The van der Waals surface area contributed by atoms with Crippen LogP contribution in [0.3, 0.4) is 0 Å². The second kappa shape index (κ2) is 4.72. The molecule has 0 aliphatic heterocycles. The highest BCUT2D eigenvalue weighted by Crippen LogP contribution is 2.21. The minimum atomic E-state index is 0.390. The minimum Gasteiger partial charge on any atom is -0.325 e. The van der Waals surface area contributed by atoms with Gasteiger partial charge in [0.15, 0.2) is 0 Å². The van der Waals surface area contributed by atoms with Gasteiger partial charge in [-0.1, -0.05) is 41.6 Å². The van der Waals surface area contributed by atoms with Gasteiger partial charge in [-0.3, -0.25) is 0 Å². The predicted molar refractivity (Wildman–Crippen MR) is 63.5 cm³/mol. The van der Waals surface area contributed by atoms with Crippen LogP contribution in [0.4, 0.5) is 0 Å². The summed E-state index contributed by atoms with van der Waals surface area (Å²) in [5, 5.41) is 8.14. The molecular weight excluding hydrogens is 200 g/mol. The normalized spacial score (nSPS) is 10.3. The van der Waals surface area contributed by atoms with Gasteiger partial charge in [0.2, 0.25) is 0 Å². The van der Waals surface area contributed by atoms with Crippen molar-refractivity contribution in [1.29, 1.82) is 0 Å². The Bertz CT molecular complexity index is 473. The number of hydrogen-bond acceptors (Lipinski definition) is 3. The van der Waals surface area contributed by atoms with E-state index >= 15 is 0 Å². The maximum Gasteiger partial charge on any atom is 0.104 e. The van der Waals surface area contributed by atoms with E-state index < -0.39 is 0 Å². The van der Waals surface area contributed by atoms with Gasteiger partial charge in [0, 0.05) is 12.1 Å². The number of rotatable bonds is 4. The highest BCUT2D eigenvalue weighted by atomic mass is 15.4. The van der Waals surface area contributed by atoms with Crippen LogP contribution in [0.5, 0.6) is 0 Å². The fraction of sp³-hybridized carbons (Fsp3) is 0.167. The molecule has 2 aromatic rings. The minimum absolute atomic E-state index is 0.390. The zero-order chi connectivity index (χ0) is 11.4. The van der Waals surface area contributed by atoms with E-state index in [2.05, 4.69) is 16.9 Å². The predicted octanol–water partition coefficient (Wildman–Crippen LogP) is 1.59. The third-order valence-electron chi connectivity index (χ3n) is 2.35. The lowest BCUT2D eigenvalue weighted by atomic mass is 10.1. The molecule has 0 amide bonds. The van der Waals surface area contributed by atoms with Crippen LogP contribution < -0.4 is 5.73 Å². The van der Waals surface area contributed by atoms with Crippen molar-refractivity contribution in [1.82, 2.24) is 15.0 Å². The van der Waals surface area contributed by atoms with E-state index in [1.807, 2.05) is 35.0 Å². The molecular formula is C12H14N4. The van der Waals surface area contributed by atoms with Gasteiger partial charge in [-0.2, -0.15) is 0 Å². The maximum atomic E-state index is 5.66. The van der Waals surface area contributed by atoms with Crippen LogP contribution in [0.15, 0.2) is 43.0 Å². The standard InChI is InChI=1S/C12H14N4/c1-2-8-16-12(11(9-13)14-15-16)10-6-4-3-5-7-10/h2-7H,1,8-9,13H2. The first-order chi connectivity index (χ1) is 7.86. The summed E-state index contributed by atoms with van der Waals surface area (Å²) in [5.74, 6) is 0. The zero-order valence-corrected chi connectivity index (χ0v) is 9.00. The molecule has 1 heterocycles. The molecule has 1 aromatic carbocycles. The number of nitrogens with two attached hydrogens (primary N) is 1. The lowest BCUT2D eigenvalue weighted by molar-refractivity contribution is 0.667. The lowest BCUT2D eigenvalue weighted by Gasteiger charge is -2.05. The number of nitrogens with zero attached hydrogens (tertiary/aromatic N) is 3. The van der Waals surface area contributed by atoms with Gasteiger partial charge in [-0.15, -0.1) is 11.7 Å². The molecule has 0 aliphatic rings. The molecule has 0 saturated carbocycles. The van der Waals surface area contributed by atoms with Crippen molar-refractivity contribution in [3.8, 4) is 11.3 Å². The molecule has 2 rings (SSSR count). The van der Waals surface area contributed by atoms with Gasteiger partial charge in [0.25, 0.3) is 0 Å². The molecule has 0 radical (unpaired) electrons. The van der Waals surface area contributed by atoms with Crippen molar-refractivity contribution < 1.29 is 0 Å². The summed E-state index contributed by atoms with van der Waals surface area (Å²) in [6.07, 6.45) is 1.79. The molecule has 0 unspecified atom stereocenters. The molecule has 16 heavy (non-hydrogen) atoms. The van der Waals surface area contributed by atoms with Crippen LogP contribution in [0.1, 0.15) is 5.69 Å². The third-order valence-corrected chi connectivity index (χ3v) is 2.35. The van der Waals surface area contributed by atoms with Gasteiger partial charge in [-0.05, 0) is 0 Å². The molecule has 0 saturated heterocycles. The first-order valence-corrected chi connectivity index (χ1v) is 5.15. The first kappa shape index (κ1) is 10.6. The quantitative estimate of drug-likeness (QED) is 0.786. The highest BCUT2D eigenvalue weighted by Gasteiger charge is 2.12. The Labute approximate surface area is 94.4 Å². The molecule has 0 bridgehead atoms. The van der Waals surface area contributed by atoms with E-state index in [9.17, 15) is 0 Å². The molecule has 4 nitrogen and oxygen atoms in total. The zero-order valence-electron chi connectivity index (χ0n) is 9.00. The Morgan fingerprint density at radius 2 is 2.06 bits per heavy atom. The fourth-order valence-electron chi connectivity index (χ4n) is 1.65. The van der Waals surface area contributed by atoms with E-state index in [4.69, 9.17) is 5.73 Å². The highest BCUT2D eigenvalue weighted by molar-refractivity contribution is 5.61. The molecule has 1 aromatic heterocycles. The Kier molecular flexibility index (Phi) is 3.12. The third kappa shape index (κ3) is 1.87. The van der Waals surface area contributed by atoms with Crippen molar-refractivity contribution in [2.24, 2.45) is 5.73 Å². The van der Waals surface area contributed by atoms with Crippen molar-refractivity contribution in [2.45, 2.75) is 13.1 Å². The molecule has 2 N–H and O–H groups in total. The Morgan fingerprint density at radius 1 is 1.31 bits per heavy atom. The van der Waals surface area contributed by atoms with Crippen LogP contribution in [-0.4, -0.2) is 15.0 Å². The second-order valence-corrected chi connectivity index (χ2v) is 3.43. The summed E-state index contributed by atoms with van der Waals surface area (Å²) in [5.41, 5.74) is 8.52. The molecule has 82 valence electrons. The van der Waals surface area contributed by atoms with Crippen molar-refractivity contribution in [3.63, 3.8) is 0 Å². The number of hydrogen-bond donors (Lipinski definition) is 1. The largest absolute Gasteiger partial charge is 0.325 e. The summed E-state index contributed by atoms with van der Waals surface area (Å²) in [6, 6.07) is 10.0. The average molecular weight is 214 g/mol. The van der Waals surface area contributed by atoms with Crippen molar-refractivity contribution >= 4 is 0 Å². The molecule has 0 fully saturated rings. The van der Waals surface area contributed by atoms with Crippen LogP contribution >= 0.6 is 0 Å². The van der Waals surface area contributed by atoms with Gasteiger partial charge >= 0.3 is 0 Å². The smallest absolute Gasteiger partial charge is 0.104 e. The van der Waals surface area contributed by atoms with Crippen LogP contribution in [0.2, 0.25) is 0 Å². The van der Waals surface area contributed by atoms with E-state index in [0.29, 0.717) is 13.1 Å². The monoisotopic (exact) mass is 214 g/mol. The van der Waals surface area contributed by atoms with E-state index in [1.54, 1.807) is 6.08 Å². The van der Waals surface area contributed by atoms with Crippen molar-refractivity contribution in [2.75, 3.05) is 0 Å². The number of benzene rings is 1. The molecule has 0 aliphatic carbocycles. The average Bonchev–Trinajstić information content (AvgIpc) is 2.74. The lowest BCUT2D eigenvalue weighted by Crippen LogP contribution is -2.03. The SMILES string of the molecule is C=CCn1nnc(CN)c1-c1ccccc1. The van der Waals surface area contributed by atoms with Gasteiger partial charge in [-0.25, -0.2) is 4.68 Å². The van der Waals surface area contributed by atoms with Crippen molar-refractivity contribution in [3.05, 3.63) is 48.7 Å². The summed E-state index contributed by atoms with van der Waals surface area (Å²) in [7, 11) is 0. The van der Waals surface area contributed by atoms with E-state index in [-0.39, 0.29) is 0 Å². The first-order valence-electron chi connectivity index (χ1n) is 5.15. The van der Waals surface area contributed by atoms with E-state index in [1.165, 1.54) is 0 Å². The summed E-state index contributed by atoms with van der Waals surface area (Å²) in [6.45, 7) is 4.73. The Hall–Kier alpha value is -1.94. The summed E-state index contributed by atoms with van der Waals surface area (Å²) in [4.78, 5) is 0. The second-order valence-electron chi connectivity index (χ2n) is 3.43. The topological polar surface area (TPSA) is 56.7 Å². The van der Waals surface area contributed by atoms with Gasteiger partial charge < -0.3 is 5.73 Å². The van der Waals surface area contributed by atoms with Gasteiger partial charge in [0.05, 0.1) is 12.2 Å². The Morgan fingerprint density at radius 3 is 2.69 bits per heavy atom. The van der Waals surface area contributed by atoms with E-state index in [0.717, 1.165) is 17.0 Å². The van der Waals surface area contributed by atoms with Crippen LogP contribution in [-0.2, 0) is 13.1 Å².